The molecule has 0 amide bonds. The van der Waals surface area contributed by atoms with Crippen LogP contribution in [0.1, 0.15) is 6.42 Å². The minimum Gasteiger partial charge on any atom is -0.379 e. The molecule has 0 aromatic carbocycles. The van der Waals surface area contributed by atoms with Crippen LogP contribution < -0.4 is 21.5 Å². The maximum atomic E-state index is 5.37. The summed E-state index contributed by atoms with van der Waals surface area (Å²) in [4.78, 5) is 16.9. The summed E-state index contributed by atoms with van der Waals surface area (Å²) < 4.78 is 5.33. The summed E-state index contributed by atoms with van der Waals surface area (Å²) >= 11 is 0. The van der Waals surface area contributed by atoms with Gasteiger partial charge in [0.1, 0.15) is 0 Å². The van der Waals surface area contributed by atoms with Crippen molar-refractivity contribution in [2.24, 2.45) is 5.84 Å². The molecule has 9 nitrogen and oxygen atoms in total. The molecule has 1 aromatic rings. The molecule has 0 aliphatic carbocycles. The highest BCUT2D eigenvalue weighted by molar-refractivity contribution is 5.42. The minimum absolute atomic E-state index is 0.351. The quantitative estimate of drug-likeness (QED) is 0.344. The highest BCUT2D eigenvalue weighted by Crippen LogP contribution is 2.10. The zero-order chi connectivity index (χ0) is 15.1. The lowest BCUT2D eigenvalue weighted by atomic mass is 10.3. The van der Waals surface area contributed by atoms with E-state index >= 15 is 0 Å². The van der Waals surface area contributed by atoms with Crippen molar-refractivity contribution in [3.8, 4) is 0 Å². The second-order valence-corrected chi connectivity index (χ2v) is 5.06. The van der Waals surface area contributed by atoms with Crippen LogP contribution in [-0.4, -0.2) is 73.3 Å². The molecule has 2 heterocycles. The van der Waals surface area contributed by atoms with E-state index in [1.165, 1.54) is 0 Å². The zero-order valence-corrected chi connectivity index (χ0v) is 12.7. The summed E-state index contributed by atoms with van der Waals surface area (Å²) in [5, 5.41) is 3.21. The number of rotatable bonds is 7. The van der Waals surface area contributed by atoms with Crippen LogP contribution in [0.15, 0.2) is 0 Å². The first kappa shape index (κ1) is 15.7. The van der Waals surface area contributed by atoms with Gasteiger partial charge < -0.3 is 15.0 Å². The third-order valence-electron chi connectivity index (χ3n) is 3.19. The van der Waals surface area contributed by atoms with Crippen molar-refractivity contribution < 1.29 is 4.74 Å². The van der Waals surface area contributed by atoms with E-state index in [1.54, 1.807) is 4.90 Å². The van der Waals surface area contributed by atoms with Gasteiger partial charge in [-0.3, -0.25) is 10.3 Å². The topological polar surface area (TPSA) is 104 Å². The van der Waals surface area contributed by atoms with Crippen LogP contribution >= 0.6 is 0 Å². The molecule has 0 bridgehead atoms. The molecular formula is C12H24N8O. The van der Waals surface area contributed by atoms with E-state index in [9.17, 15) is 0 Å². The van der Waals surface area contributed by atoms with Gasteiger partial charge in [0.15, 0.2) is 0 Å². The van der Waals surface area contributed by atoms with Gasteiger partial charge in [-0.15, -0.1) is 0 Å². The molecule has 1 aliphatic heterocycles. The molecule has 2 rings (SSSR count). The number of nitrogens with two attached hydrogens (primary N) is 1. The smallest absolute Gasteiger partial charge is 0.243 e. The third kappa shape index (κ3) is 4.96. The number of ether oxygens (including phenoxy) is 1. The second kappa shape index (κ2) is 7.91. The van der Waals surface area contributed by atoms with Gasteiger partial charge in [0, 0.05) is 33.7 Å². The number of aromatic nitrogens is 3. The van der Waals surface area contributed by atoms with Gasteiger partial charge in [0.05, 0.1) is 13.2 Å². The monoisotopic (exact) mass is 296 g/mol. The average molecular weight is 296 g/mol. The molecular weight excluding hydrogens is 272 g/mol. The largest absolute Gasteiger partial charge is 0.379 e. The SMILES string of the molecule is CN(C)c1nc(NN)nc(NCCCN2CCOCC2)n1. The Bertz CT molecular complexity index is 435. The molecule has 0 spiro atoms. The molecule has 1 aliphatic rings. The summed E-state index contributed by atoms with van der Waals surface area (Å²) in [6, 6.07) is 0. The van der Waals surface area contributed by atoms with Crippen molar-refractivity contribution in [1.82, 2.24) is 19.9 Å². The number of nitrogens with zero attached hydrogens (tertiary/aromatic N) is 5. The van der Waals surface area contributed by atoms with Gasteiger partial charge >= 0.3 is 0 Å². The van der Waals surface area contributed by atoms with Gasteiger partial charge in [-0.1, -0.05) is 0 Å². The van der Waals surface area contributed by atoms with Gasteiger partial charge in [0.25, 0.3) is 0 Å². The lowest BCUT2D eigenvalue weighted by Gasteiger charge is -2.26. The first-order chi connectivity index (χ1) is 10.2. The van der Waals surface area contributed by atoms with E-state index in [0.717, 1.165) is 45.8 Å². The van der Waals surface area contributed by atoms with Crippen molar-refractivity contribution in [2.75, 3.05) is 69.1 Å². The lowest BCUT2D eigenvalue weighted by molar-refractivity contribution is 0.0378. The van der Waals surface area contributed by atoms with E-state index in [4.69, 9.17) is 10.6 Å². The van der Waals surface area contributed by atoms with E-state index in [0.29, 0.717) is 17.8 Å². The Balaban J connectivity index is 1.80. The fourth-order valence-corrected chi connectivity index (χ4v) is 2.04. The third-order valence-corrected chi connectivity index (χ3v) is 3.19. The first-order valence-corrected chi connectivity index (χ1v) is 7.13. The molecule has 21 heavy (non-hydrogen) atoms. The van der Waals surface area contributed by atoms with Gasteiger partial charge in [-0.2, -0.15) is 15.0 Å². The zero-order valence-electron chi connectivity index (χ0n) is 12.7. The van der Waals surface area contributed by atoms with Crippen molar-refractivity contribution in [2.45, 2.75) is 6.42 Å². The molecule has 118 valence electrons. The number of anilines is 3. The molecule has 9 heteroatoms. The Kier molecular flexibility index (Phi) is 5.90. The van der Waals surface area contributed by atoms with E-state index < -0.39 is 0 Å². The number of morpholine rings is 1. The Morgan fingerprint density at radius 1 is 1.19 bits per heavy atom. The summed E-state index contributed by atoms with van der Waals surface area (Å²) in [5.74, 6) is 6.82. The minimum atomic E-state index is 0.351. The predicted octanol–water partition coefficient (Wildman–Crippen LogP) is -0.643. The molecule has 0 radical (unpaired) electrons. The molecule has 4 N–H and O–H groups in total. The van der Waals surface area contributed by atoms with Crippen LogP contribution in [0.5, 0.6) is 0 Å². The highest BCUT2D eigenvalue weighted by atomic mass is 16.5. The van der Waals surface area contributed by atoms with Crippen LogP contribution in [0.2, 0.25) is 0 Å². The number of nitrogen functional groups attached to an aromatic ring is 1. The summed E-state index contributed by atoms with van der Waals surface area (Å²) in [6.07, 6.45) is 1.02. The van der Waals surface area contributed by atoms with Crippen molar-refractivity contribution in [3.63, 3.8) is 0 Å². The Morgan fingerprint density at radius 3 is 2.57 bits per heavy atom. The molecule has 0 saturated carbocycles. The number of hydrogen-bond donors (Lipinski definition) is 3. The van der Waals surface area contributed by atoms with Crippen LogP contribution in [0.4, 0.5) is 17.8 Å². The number of hydrogen-bond acceptors (Lipinski definition) is 9. The molecule has 1 saturated heterocycles. The van der Waals surface area contributed by atoms with Crippen LogP contribution in [0.3, 0.4) is 0 Å². The van der Waals surface area contributed by atoms with E-state index in [2.05, 4.69) is 30.6 Å². The fraction of sp³-hybridized carbons (Fsp3) is 0.750. The second-order valence-electron chi connectivity index (χ2n) is 5.06. The number of nitrogens with one attached hydrogen (secondary N) is 2. The Morgan fingerprint density at radius 2 is 1.90 bits per heavy atom. The molecule has 1 aromatic heterocycles. The maximum Gasteiger partial charge on any atom is 0.243 e. The Hall–Kier alpha value is -1.71. The van der Waals surface area contributed by atoms with Crippen molar-refractivity contribution in [3.05, 3.63) is 0 Å². The van der Waals surface area contributed by atoms with E-state index in [1.807, 2.05) is 14.1 Å². The van der Waals surface area contributed by atoms with Crippen LogP contribution in [0.25, 0.3) is 0 Å². The van der Waals surface area contributed by atoms with Crippen LogP contribution in [0, 0.1) is 0 Å². The molecule has 0 unspecified atom stereocenters. The summed E-state index contributed by atoms with van der Waals surface area (Å²) in [7, 11) is 3.75. The van der Waals surface area contributed by atoms with Gasteiger partial charge in [-0.05, 0) is 13.0 Å². The van der Waals surface area contributed by atoms with Crippen molar-refractivity contribution >= 4 is 17.8 Å². The Labute approximate surface area is 124 Å². The summed E-state index contributed by atoms with van der Waals surface area (Å²) in [5.41, 5.74) is 2.45. The summed E-state index contributed by atoms with van der Waals surface area (Å²) in [6.45, 7) is 5.54. The van der Waals surface area contributed by atoms with Crippen molar-refractivity contribution in [1.29, 1.82) is 0 Å². The first-order valence-electron chi connectivity index (χ1n) is 7.13. The lowest BCUT2D eigenvalue weighted by Crippen LogP contribution is -2.37. The van der Waals surface area contributed by atoms with Gasteiger partial charge in [0.2, 0.25) is 17.8 Å². The average Bonchev–Trinajstić information content (AvgIpc) is 2.52. The van der Waals surface area contributed by atoms with Crippen LogP contribution in [-0.2, 0) is 4.74 Å². The number of hydrazine groups is 1. The molecule has 1 fully saturated rings. The standard InChI is InChI=1S/C12H24N8O/c1-19(2)12-16-10(15-11(17-12)18-13)14-4-3-5-20-6-8-21-9-7-20/h3-9,13H2,1-2H3,(H2,14,15,16,17,18). The molecule has 0 atom stereocenters. The highest BCUT2D eigenvalue weighted by Gasteiger charge is 2.10. The predicted molar refractivity (Wildman–Crippen MR) is 82.3 cm³/mol. The normalized spacial score (nSPS) is 15.8. The fourth-order valence-electron chi connectivity index (χ4n) is 2.04. The maximum absolute atomic E-state index is 5.37. The van der Waals surface area contributed by atoms with Gasteiger partial charge in [-0.25, -0.2) is 5.84 Å². The van der Waals surface area contributed by atoms with E-state index in [-0.39, 0.29) is 0 Å².